The van der Waals surface area contributed by atoms with Gasteiger partial charge < -0.3 is 19.4 Å². The number of hydrogen-bond acceptors (Lipinski definition) is 4. The SMILES string of the molecule is C#Cc1cccc(NC(=O)CN(C)C(=O)c2oc3ccccc3c2COC)c1. The standard InChI is InChI=1S/C22H20N2O4/c1-4-15-8-7-9-16(12-15)23-20(25)13-24(2)22(26)21-18(14-27-3)17-10-5-6-11-19(17)28-21/h1,5-12H,13-14H2,2-3H3,(H,23,25). The minimum Gasteiger partial charge on any atom is -0.451 e. The number of amides is 2. The van der Waals surface area contributed by atoms with Crippen molar-refractivity contribution in [1.82, 2.24) is 4.90 Å². The first-order valence-corrected chi connectivity index (χ1v) is 8.64. The molecule has 3 rings (SSSR count). The van der Waals surface area contributed by atoms with Crippen molar-refractivity contribution in [2.45, 2.75) is 6.61 Å². The van der Waals surface area contributed by atoms with Crippen LogP contribution in [0.4, 0.5) is 5.69 Å². The van der Waals surface area contributed by atoms with Gasteiger partial charge in [-0.2, -0.15) is 0 Å². The highest BCUT2D eigenvalue weighted by molar-refractivity contribution is 6.01. The van der Waals surface area contributed by atoms with Gasteiger partial charge >= 0.3 is 0 Å². The van der Waals surface area contributed by atoms with Crippen LogP contribution in [-0.2, 0) is 16.1 Å². The Kier molecular flexibility index (Phi) is 5.78. The molecule has 0 aliphatic carbocycles. The predicted octanol–water partition coefficient (Wildman–Crippen LogP) is 3.27. The Hall–Kier alpha value is -3.56. The fourth-order valence-electron chi connectivity index (χ4n) is 2.91. The number of ether oxygens (including phenoxy) is 1. The number of nitrogens with zero attached hydrogens (tertiary/aromatic N) is 1. The van der Waals surface area contributed by atoms with Crippen LogP contribution in [0.15, 0.2) is 52.9 Å². The molecule has 0 atom stereocenters. The number of anilines is 1. The number of rotatable bonds is 6. The van der Waals surface area contributed by atoms with Crippen LogP contribution in [0, 0.1) is 12.3 Å². The molecule has 0 saturated carbocycles. The van der Waals surface area contributed by atoms with Crippen LogP contribution in [0.2, 0.25) is 0 Å². The van der Waals surface area contributed by atoms with Crippen molar-refractivity contribution >= 4 is 28.5 Å². The summed E-state index contributed by atoms with van der Waals surface area (Å²) in [5, 5.41) is 3.55. The lowest BCUT2D eigenvalue weighted by molar-refractivity contribution is -0.116. The van der Waals surface area contributed by atoms with Crippen molar-refractivity contribution in [2.75, 3.05) is 26.0 Å². The zero-order valence-corrected chi connectivity index (χ0v) is 15.7. The summed E-state index contributed by atoms with van der Waals surface area (Å²) in [6, 6.07) is 14.3. The molecule has 1 aromatic heterocycles. The van der Waals surface area contributed by atoms with E-state index in [-0.39, 0.29) is 24.8 Å². The topological polar surface area (TPSA) is 71.8 Å². The maximum Gasteiger partial charge on any atom is 0.290 e. The fourth-order valence-corrected chi connectivity index (χ4v) is 2.91. The number of carbonyl (C=O) groups excluding carboxylic acids is 2. The lowest BCUT2D eigenvalue weighted by atomic mass is 10.1. The van der Waals surface area contributed by atoms with Crippen molar-refractivity contribution in [1.29, 1.82) is 0 Å². The third-order valence-corrected chi connectivity index (χ3v) is 4.22. The molecule has 6 nitrogen and oxygen atoms in total. The number of nitrogens with one attached hydrogen (secondary N) is 1. The van der Waals surface area contributed by atoms with E-state index in [1.165, 1.54) is 4.90 Å². The van der Waals surface area contributed by atoms with Crippen LogP contribution in [-0.4, -0.2) is 37.4 Å². The highest BCUT2D eigenvalue weighted by atomic mass is 16.5. The van der Waals surface area contributed by atoms with Crippen molar-refractivity contribution in [2.24, 2.45) is 0 Å². The van der Waals surface area contributed by atoms with Gasteiger partial charge in [-0.05, 0) is 24.3 Å². The number of hydrogen-bond donors (Lipinski definition) is 1. The smallest absolute Gasteiger partial charge is 0.290 e. The quantitative estimate of drug-likeness (QED) is 0.670. The van der Waals surface area contributed by atoms with Gasteiger partial charge in [0.2, 0.25) is 5.91 Å². The first-order chi connectivity index (χ1) is 13.5. The van der Waals surface area contributed by atoms with Gasteiger partial charge in [0.1, 0.15) is 5.58 Å². The molecule has 0 unspecified atom stereocenters. The molecule has 0 saturated heterocycles. The zero-order valence-electron chi connectivity index (χ0n) is 15.7. The summed E-state index contributed by atoms with van der Waals surface area (Å²) in [4.78, 5) is 26.5. The number of likely N-dealkylation sites (N-methyl/N-ethyl adjacent to an activating group) is 1. The van der Waals surface area contributed by atoms with Gasteiger partial charge in [0.05, 0.1) is 13.2 Å². The third kappa shape index (κ3) is 4.05. The van der Waals surface area contributed by atoms with E-state index in [9.17, 15) is 9.59 Å². The number of para-hydroxylation sites is 1. The monoisotopic (exact) mass is 376 g/mol. The Morgan fingerprint density at radius 3 is 2.75 bits per heavy atom. The summed E-state index contributed by atoms with van der Waals surface area (Å²) >= 11 is 0. The van der Waals surface area contributed by atoms with Crippen LogP contribution < -0.4 is 5.32 Å². The predicted molar refractivity (Wildman–Crippen MR) is 107 cm³/mol. The molecule has 1 heterocycles. The van der Waals surface area contributed by atoms with Crippen LogP contribution in [0.3, 0.4) is 0 Å². The molecule has 0 radical (unpaired) electrons. The Labute approximate surface area is 163 Å². The second-order valence-electron chi connectivity index (χ2n) is 6.27. The maximum absolute atomic E-state index is 12.9. The van der Waals surface area contributed by atoms with E-state index in [2.05, 4.69) is 11.2 Å². The zero-order chi connectivity index (χ0) is 20.1. The van der Waals surface area contributed by atoms with Gasteiger partial charge in [0, 0.05) is 36.4 Å². The molecule has 0 spiro atoms. The Bertz CT molecular complexity index is 1060. The van der Waals surface area contributed by atoms with Crippen LogP contribution >= 0.6 is 0 Å². The van der Waals surface area contributed by atoms with Crippen molar-refractivity contribution in [3.63, 3.8) is 0 Å². The fraction of sp³-hybridized carbons (Fsp3) is 0.182. The normalized spacial score (nSPS) is 10.5. The van der Waals surface area contributed by atoms with E-state index < -0.39 is 5.91 Å². The average molecular weight is 376 g/mol. The Balaban J connectivity index is 1.75. The number of terminal acetylenes is 1. The minimum absolute atomic E-state index is 0.136. The average Bonchev–Trinajstić information content (AvgIpc) is 3.06. The molecule has 28 heavy (non-hydrogen) atoms. The third-order valence-electron chi connectivity index (χ3n) is 4.22. The van der Waals surface area contributed by atoms with E-state index in [4.69, 9.17) is 15.6 Å². The molecule has 2 amide bonds. The van der Waals surface area contributed by atoms with Crippen molar-refractivity contribution < 1.29 is 18.7 Å². The summed E-state index contributed by atoms with van der Waals surface area (Å²) < 4.78 is 11.0. The first-order valence-electron chi connectivity index (χ1n) is 8.64. The summed E-state index contributed by atoms with van der Waals surface area (Å²) in [5.74, 6) is 1.95. The molecule has 0 bridgehead atoms. The van der Waals surface area contributed by atoms with E-state index >= 15 is 0 Å². The summed E-state index contributed by atoms with van der Waals surface area (Å²) in [5.41, 5.74) is 2.50. The Morgan fingerprint density at radius 1 is 1.21 bits per heavy atom. The molecular formula is C22H20N2O4. The van der Waals surface area contributed by atoms with E-state index in [1.54, 1.807) is 44.5 Å². The first kappa shape index (κ1) is 19.2. The van der Waals surface area contributed by atoms with Gasteiger partial charge in [-0.3, -0.25) is 9.59 Å². The molecule has 3 aromatic rings. The summed E-state index contributed by atoms with van der Waals surface area (Å²) in [6.07, 6.45) is 5.37. The number of benzene rings is 2. The van der Waals surface area contributed by atoms with Gasteiger partial charge in [-0.25, -0.2) is 0 Å². The van der Waals surface area contributed by atoms with Crippen LogP contribution in [0.1, 0.15) is 21.7 Å². The van der Waals surface area contributed by atoms with E-state index in [0.29, 0.717) is 22.4 Å². The van der Waals surface area contributed by atoms with Crippen molar-refractivity contribution in [3.05, 3.63) is 65.4 Å². The molecular weight excluding hydrogens is 356 g/mol. The molecule has 142 valence electrons. The largest absolute Gasteiger partial charge is 0.451 e. The molecule has 0 aliphatic heterocycles. The lowest BCUT2D eigenvalue weighted by Crippen LogP contribution is -2.35. The second-order valence-corrected chi connectivity index (χ2v) is 6.27. The van der Waals surface area contributed by atoms with Gasteiger partial charge in [0.15, 0.2) is 5.76 Å². The number of methoxy groups -OCH3 is 1. The number of furan rings is 1. The minimum atomic E-state index is -0.393. The number of fused-ring (bicyclic) bond motifs is 1. The van der Waals surface area contributed by atoms with Crippen LogP contribution in [0.25, 0.3) is 11.0 Å². The summed E-state index contributed by atoms with van der Waals surface area (Å²) in [6.45, 7) is 0.0968. The van der Waals surface area contributed by atoms with Crippen molar-refractivity contribution in [3.8, 4) is 12.3 Å². The highest BCUT2D eigenvalue weighted by Gasteiger charge is 2.24. The Morgan fingerprint density at radius 2 is 2.00 bits per heavy atom. The molecule has 0 fully saturated rings. The molecule has 6 heteroatoms. The molecule has 0 aliphatic rings. The van der Waals surface area contributed by atoms with E-state index in [1.807, 2.05) is 18.2 Å². The molecule has 2 aromatic carbocycles. The lowest BCUT2D eigenvalue weighted by Gasteiger charge is -2.16. The van der Waals surface area contributed by atoms with E-state index in [0.717, 1.165) is 5.39 Å². The summed E-state index contributed by atoms with van der Waals surface area (Å²) in [7, 11) is 3.10. The van der Waals surface area contributed by atoms with Gasteiger partial charge in [0.25, 0.3) is 5.91 Å². The highest BCUT2D eigenvalue weighted by Crippen LogP contribution is 2.27. The number of carbonyl (C=O) groups is 2. The van der Waals surface area contributed by atoms with Gasteiger partial charge in [-0.1, -0.05) is 30.2 Å². The molecule has 1 N–H and O–H groups in total. The second kappa shape index (κ2) is 8.42. The van der Waals surface area contributed by atoms with Crippen LogP contribution in [0.5, 0.6) is 0 Å². The van der Waals surface area contributed by atoms with Gasteiger partial charge in [-0.15, -0.1) is 6.42 Å². The maximum atomic E-state index is 12.9.